The molecule has 26 heavy (non-hydrogen) atoms. The minimum atomic E-state index is -1.26. The number of aliphatic carboxylic acids is 1. The van der Waals surface area contributed by atoms with Crippen LogP contribution >= 0.6 is 0 Å². The van der Waals surface area contributed by atoms with Crippen LogP contribution in [0.3, 0.4) is 0 Å². The Labute approximate surface area is 153 Å². The Balaban J connectivity index is 2.80. The van der Waals surface area contributed by atoms with Gasteiger partial charge in [0, 0.05) is 6.42 Å². The summed E-state index contributed by atoms with van der Waals surface area (Å²) in [5.41, 5.74) is -1.32. The number of ether oxygens (including phenoxy) is 2. The molecule has 0 radical (unpaired) electrons. The standard InChI is InChI=1S/C17H30N2O7/c1-16(2,3)25-9-11(14(22)23)18-13(21)12-7-10(20)8-19(12)15(24)26-17(4,5)6/h10-12,20H,7-9H2,1-6H3,(H,18,21)(H,22,23)/t10-,11+,12?/m0/s1. The molecule has 1 heterocycles. The predicted octanol–water partition coefficient (Wildman–Crippen LogP) is 0.741. The summed E-state index contributed by atoms with van der Waals surface area (Å²) < 4.78 is 10.7. The van der Waals surface area contributed by atoms with Crippen LogP contribution < -0.4 is 5.32 Å². The average Bonchev–Trinajstić information content (AvgIpc) is 2.82. The first kappa shape index (κ1) is 22.2. The summed E-state index contributed by atoms with van der Waals surface area (Å²) in [7, 11) is 0. The second-order valence-electron chi connectivity index (χ2n) is 8.36. The van der Waals surface area contributed by atoms with Crippen molar-refractivity contribution in [1.82, 2.24) is 10.2 Å². The van der Waals surface area contributed by atoms with Gasteiger partial charge in [-0.25, -0.2) is 9.59 Å². The number of likely N-dealkylation sites (tertiary alicyclic amines) is 1. The molecular weight excluding hydrogens is 344 g/mol. The van der Waals surface area contributed by atoms with Gasteiger partial charge in [0.15, 0.2) is 6.04 Å². The van der Waals surface area contributed by atoms with Gasteiger partial charge in [0.2, 0.25) is 5.91 Å². The van der Waals surface area contributed by atoms with Crippen LogP contribution in [0.5, 0.6) is 0 Å². The molecule has 1 aliphatic rings. The molecule has 3 N–H and O–H groups in total. The van der Waals surface area contributed by atoms with Gasteiger partial charge in [0.05, 0.1) is 24.9 Å². The fourth-order valence-corrected chi connectivity index (χ4v) is 2.36. The summed E-state index contributed by atoms with van der Waals surface area (Å²) in [5.74, 6) is -1.91. The topological polar surface area (TPSA) is 125 Å². The fourth-order valence-electron chi connectivity index (χ4n) is 2.36. The molecular formula is C17H30N2O7. The van der Waals surface area contributed by atoms with Gasteiger partial charge in [0.1, 0.15) is 11.6 Å². The van der Waals surface area contributed by atoms with Gasteiger partial charge in [-0.15, -0.1) is 0 Å². The molecule has 0 aromatic carbocycles. The third kappa shape index (κ3) is 7.17. The Morgan fingerprint density at radius 2 is 1.73 bits per heavy atom. The van der Waals surface area contributed by atoms with E-state index >= 15 is 0 Å². The van der Waals surface area contributed by atoms with Crippen molar-refractivity contribution in [3.8, 4) is 0 Å². The number of carbonyl (C=O) groups excluding carboxylic acids is 2. The molecule has 0 saturated carbocycles. The van der Waals surface area contributed by atoms with Crippen molar-refractivity contribution < 1.29 is 34.1 Å². The predicted molar refractivity (Wildman–Crippen MR) is 92.6 cm³/mol. The number of hydrogen-bond acceptors (Lipinski definition) is 6. The van der Waals surface area contributed by atoms with Crippen LogP contribution in [0.2, 0.25) is 0 Å². The lowest BCUT2D eigenvalue weighted by molar-refractivity contribution is -0.146. The molecule has 0 spiro atoms. The minimum Gasteiger partial charge on any atom is -0.480 e. The summed E-state index contributed by atoms with van der Waals surface area (Å²) in [6.07, 6.45) is -1.60. The summed E-state index contributed by atoms with van der Waals surface area (Å²) in [5, 5.41) is 21.5. The first-order valence-corrected chi connectivity index (χ1v) is 8.54. The third-order valence-electron chi connectivity index (χ3n) is 3.51. The van der Waals surface area contributed by atoms with Gasteiger partial charge in [-0.3, -0.25) is 9.69 Å². The molecule has 1 saturated heterocycles. The van der Waals surface area contributed by atoms with Crippen LogP contribution in [0.15, 0.2) is 0 Å². The monoisotopic (exact) mass is 374 g/mol. The largest absolute Gasteiger partial charge is 0.480 e. The highest BCUT2D eigenvalue weighted by Crippen LogP contribution is 2.21. The zero-order valence-electron chi connectivity index (χ0n) is 16.2. The number of aliphatic hydroxyl groups excluding tert-OH is 1. The molecule has 1 aliphatic heterocycles. The molecule has 2 amide bonds. The molecule has 1 rings (SSSR count). The lowest BCUT2D eigenvalue weighted by atomic mass is 10.1. The number of carbonyl (C=O) groups is 3. The van der Waals surface area contributed by atoms with Gasteiger partial charge < -0.3 is 25.0 Å². The maximum atomic E-state index is 12.5. The van der Waals surface area contributed by atoms with Crippen LogP contribution in [-0.4, -0.2) is 75.6 Å². The normalized spacial score (nSPS) is 22.0. The molecule has 9 heteroatoms. The molecule has 1 fully saturated rings. The highest BCUT2D eigenvalue weighted by Gasteiger charge is 2.42. The van der Waals surface area contributed by atoms with E-state index in [0.717, 1.165) is 4.90 Å². The molecule has 0 aromatic heterocycles. The quantitative estimate of drug-likeness (QED) is 0.648. The molecule has 3 atom stereocenters. The molecule has 150 valence electrons. The highest BCUT2D eigenvalue weighted by atomic mass is 16.6. The Morgan fingerprint density at radius 3 is 2.19 bits per heavy atom. The van der Waals surface area contributed by atoms with Crippen LogP contribution in [0.1, 0.15) is 48.0 Å². The van der Waals surface area contributed by atoms with Gasteiger partial charge in [0.25, 0.3) is 0 Å². The maximum Gasteiger partial charge on any atom is 0.411 e. The van der Waals surface area contributed by atoms with E-state index in [1.54, 1.807) is 41.5 Å². The van der Waals surface area contributed by atoms with E-state index in [2.05, 4.69) is 5.32 Å². The Kier molecular flexibility index (Phi) is 7.01. The molecule has 1 unspecified atom stereocenters. The number of nitrogens with zero attached hydrogens (tertiary/aromatic N) is 1. The zero-order chi connectivity index (χ0) is 20.3. The number of hydrogen-bond donors (Lipinski definition) is 3. The Hall–Kier alpha value is -1.87. The van der Waals surface area contributed by atoms with E-state index in [9.17, 15) is 24.6 Å². The number of carboxylic acid groups (broad SMARTS) is 1. The maximum absolute atomic E-state index is 12.5. The zero-order valence-corrected chi connectivity index (χ0v) is 16.2. The van der Waals surface area contributed by atoms with E-state index in [0.29, 0.717) is 0 Å². The van der Waals surface area contributed by atoms with Gasteiger partial charge >= 0.3 is 12.1 Å². The third-order valence-corrected chi connectivity index (χ3v) is 3.51. The van der Waals surface area contributed by atoms with E-state index in [1.165, 1.54) is 0 Å². The Morgan fingerprint density at radius 1 is 1.15 bits per heavy atom. The van der Waals surface area contributed by atoms with Crippen LogP contribution in [0.4, 0.5) is 4.79 Å². The van der Waals surface area contributed by atoms with Gasteiger partial charge in [-0.05, 0) is 41.5 Å². The molecule has 0 bridgehead atoms. The minimum absolute atomic E-state index is 0.0115. The van der Waals surface area contributed by atoms with Crippen molar-refractivity contribution in [2.24, 2.45) is 0 Å². The number of rotatable bonds is 5. The van der Waals surface area contributed by atoms with E-state index in [-0.39, 0.29) is 19.6 Å². The lowest BCUT2D eigenvalue weighted by Gasteiger charge is -2.29. The highest BCUT2D eigenvalue weighted by molar-refractivity contribution is 5.89. The average molecular weight is 374 g/mol. The first-order valence-electron chi connectivity index (χ1n) is 8.54. The number of β-amino-alcohol motifs (C(OH)–C–C–N with tert-alkyl or cyclic N) is 1. The number of aliphatic hydroxyl groups is 1. The lowest BCUT2D eigenvalue weighted by Crippen LogP contribution is -2.53. The van der Waals surface area contributed by atoms with Crippen molar-refractivity contribution in [1.29, 1.82) is 0 Å². The second-order valence-corrected chi connectivity index (χ2v) is 8.36. The van der Waals surface area contributed by atoms with Crippen LogP contribution in [0, 0.1) is 0 Å². The van der Waals surface area contributed by atoms with E-state index in [4.69, 9.17) is 9.47 Å². The van der Waals surface area contributed by atoms with Crippen LogP contribution in [-0.2, 0) is 19.1 Å². The number of carboxylic acids is 1. The van der Waals surface area contributed by atoms with Crippen molar-refractivity contribution in [2.75, 3.05) is 13.2 Å². The van der Waals surface area contributed by atoms with Crippen molar-refractivity contribution in [3.05, 3.63) is 0 Å². The van der Waals surface area contributed by atoms with Crippen LogP contribution in [0.25, 0.3) is 0 Å². The molecule has 9 nitrogen and oxygen atoms in total. The van der Waals surface area contributed by atoms with Crippen molar-refractivity contribution >= 4 is 18.0 Å². The molecule has 0 aliphatic carbocycles. The van der Waals surface area contributed by atoms with Gasteiger partial charge in [-0.1, -0.05) is 0 Å². The summed E-state index contributed by atoms with van der Waals surface area (Å²) in [4.78, 5) is 37.3. The summed E-state index contributed by atoms with van der Waals surface area (Å²) in [6.45, 7) is 10.1. The number of amides is 2. The Bertz CT molecular complexity index is 536. The summed E-state index contributed by atoms with van der Waals surface area (Å²) in [6, 6.07) is -2.27. The fraction of sp³-hybridized carbons (Fsp3) is 0.824. The second kappa shape index (κ2) is 8.22. The number of nitrogens with one attached hydrogen (secondary N) is 1. The van der Waals surface area contributed by atoms with Crippen molar-refractivity contribution in [3.63, 3.8) is 0 Å². The first-order chi connectivity index (χ1) is 11.7. The SMILES string of the molecule is CC(C)(C)OC[C@@H](NC(=O)C1C[C@H](O)CN1C(=O)OC(C)(C)C)C(=O)O. The molecule has 0 aromatic rings. The van der Waals surface area contributed by atoms with Gasteiger partial charge in [-0.2, -0.15) is 0 Å². The van der Waals surface area contributed by atoms with E-state index in [1.807, 2.05) is 0 Å². The smallest absolute Gasteiger partial charge is 0.411 e. The van der Waals surface area contributed by atoms with E-state index < -0.39 is 47.4 Å². The summed E-state index contributed by atoms with van der Waals surface area (Å²) >= 11 is 0. The van der Waals surface area contributed by atoms with Crippen molar-refractivity contribution in [2.45, 2.75) is 77.4 Å².